The van der Waals surface area contributed by atoms with E-state index in [4.69, 9.17) is 25.5 Å². The predicted molar refractivity (Wildman–Crippen MR) is 91.5 cm³/mol. The third-order valence-electron chi connectivity index (χ3n) is 3.56. The lowest BCUT2D eigenvalue weighted by Gasteiger charge is -2.10. The minimum absolute atomic E-state index is 0.0355. The first-order valence-electron chi connectivity index (χ1n) is 7.62. The van der Waals surface area contributed by atoms with Gasteiger partial charge >= 0.3 is 5.97 Å². The highest BCUT2D eigenvalue weighted by Crippen LogP contribution is 2.26. The number of benzene rings is 2. The Labute approximate surface area is 153 Å². The van der Waals surface area contributed by atoms with Crippen LogP contribution in [0.4, 0.5) is 4.39 Å². The lowest BCUT2D eigenvalue weighted by atomic mass is 10.2. The van der Waals surface area contributed by atoms with Crippen LogP contribution in [0.3, 0.4) is 0 Å². The molecule has 2 aromatic carbocycles. The van der Waals surface area contributed by atoms with Crippen molar-refractivity contribution in [2.75, 3.05) is 7.11 Å². The van der Waals surface area contributed by atoms with Crippen LogP contribution < -0.4 is 4.74 Å². The van der Waals surface area contributed by atoms with E-state index in [0.29, 0.717) is 11.3 Å². The summed E-state index contributed by atoms with van der Waals surface area (Å²) >= 11 is 5.86. The summed E-state index contributed by atoms with van der Waals surface area (Å²) in [7, 11) is 1.57. The lowest BCUT2D eigenvalue weighted by Crippen LogP contribution is -2.10. The minimum Gasteiger partial charge on any atom is -0.497 e. The molecule has 1 aromatic heterocycles. The van der Waals surface area contributed by atoms with E-state index >= 15 is 0 Å². The average molecular weight is 377 g/mol. The first-order valence-corrected chi connectivity index (χ1v) is 7.99. The van der Waals surface area contributed by atoms with Crippen molar-refractivity contribution in [1.82, 2.24) is 10.2 Å². The topological polar surface area (TPSA) is 74.5 Å². The van der Waals surface area contributed by atoms with Gasteiger partial charge < -0.3 is 13.9 Å². The Kier molecular flexibility index (Phi) is 5.18. The molecule has 26 heavy (non-hydrogen) atoms. The molecule has 0 saturated heterocycles. The van der Waals surface area contributed by atoms with Crippen molar-refractivity contribution in [3.8, 4) is 17.2 Å². The van der Waals surface area contributed by atoms with Crippen molar-refractivity contribution in [1.29, 1.82) is 0 Å². The highest BCUT2D eigenvalue weighted by atomic mass is 35.5. The molecule has 1 heterocycles. The van der Waals surface area contributed by atoms with Crippen molar-refractivity contribution in [3.63, 3.8) is 0 Å². The Hall–Kier alpha value is -2.93. The van der Waals surface area contributed by atoms with Gasteiger partial charge in [-0.1, -0.05) is 11.6 Å². The van der Waals surface area contributed by atoms with E-state index in [0.717, 1.165) is 12.1 Å². The molecular weight excluding hydrogens is 363 g/mol. The monoisotopic (exact) mass is 376 g/mol. The number of carbonyl (C=O) groups excluding carboxylic acids is 1. The number of hydrogen-bond acceptors (Lipinski definition) is 6. The Bertz CT molecular complexity index is 927. The molecule has 0 aliphatic carbocycles. The second-order valence-electron chi connectivity index (χ2n) is 5.35. The fraction of sp³-hybridized carbons (Fsp3) is 0.167. The highest BCUT2D eigenvalue weighted by molar-refractivity contribution is 6.33. The maximum absolute atomic E-state index is 13.1. The standard InChI is InChI=1S/C18H14ClFN2O4/c1-10(25-18(23)14-8-5-12(20)9-15(14)19)16-21-22-17(26-16)11-3-6-13(24-2)7-4-11/h3-10H,1-2H3/t10-/m1/s1. The summed E-state index contributed by atoms with van der Waals surface area (Å²) in [6, 6.07) is 10.5. The van der Waals surface area contributed by atoms with Crippen LogP contribution in [0.15, 0.2) is 46.9 Å². The molecule has 0 saturated carbocycles. The largest absolute Gasteiger partial charge is 0.497 e. The molecule has 0 aliphatic rings. The fourth-order valence-electron chi connectivity index (χ4n) is 2.18. The first-order chi connectivity index (χ1) is 12.5. The van der Waals surface area contributed by atoms with Crippen molar-refractivity contribution >= 4 is 17.6 Å². The number of ether oxygens (including phenoxy) is 2. The molecule has 0 bridgehead atoms. The van der Waals surface area contributed by atoms with Gasteiger partial charge in [-0.05, 0) is 49.4 Å². The Balaban J connectivity index is 1.73. The first kappa shape index (κ1) is 17.9. The van der Waals surface area contributed by atoms with Gasteiger partial charge in [0.2, 0.25) is 5.89 Å². The van der Waals surface area contributed by atoms with E-state index in [2.05, 4.69) is 10.2 Å². The van der Waals surface area contributed by atoms with Gasteiger partial charge in [-0.3, -0.25) is 0 Å². The zero-order valence-electron chi connectivity index (χ0n) is 13.9. The van der Waals surface area contributed by atoms with Gasteiger partial charge in [-0.15, -0.1) is 10.2 Å². The predicted octanol–water partition coefficient (Wildman–Crippen LogP) is 4.46. The fourth-order valence-corrected chi connectivity index (χ4v) is 2.42. The zero-order chi connectivity index (χ0) is 18.7. The van der Waals surface area contributed by atoms with Crippen molar-refractivity contribution < 1.29 is 23.1 Å². The molecule has 0 spiro atoms. The minimum atomic E-state index is -0.803. The molecule has 3 aromatic rings. The van der Waals surface area contributed by atoms with Crippen LogP contribution in [-0.4, -0.2) is 23.3 Å². The molecule has 0 unspecified atom stereocenters. The summed E-state index contributed by atoms with van der Waals surface area (Å²) in [4.78, 5) is 12.2. The van der Waals surface area contributed by atoms with Crippen molar-refractivity contribution in [2.24, 2.45) is 0 Å². The summed E-state index contributed by atoms with van der Waals surface area (Å²) in [5.74, 6) is -0.146. The van der Waals surface area contributed by atoms with Crippen LogP contribution in [0.25, 0.3) is 11.5 Å². The molecule has 0 amide bonds. The van der Waals surface area contributed by atoms with Gasteiger partial charge in [-0.2, -0.15) is 0 Å². The molecule has 6 nitrogen and oxygen atoms in total. The van der Waals surface area contributed by atoms with Gasteiger partial charge in [0.05, 0.1) is 17.7 Å². The van der Waals surface area contributed by atoms with Gasteiger partial charge in [0.1, 0.15) is 11.6 Å². The van der Waals surface area contributed by atoms with E-state index in [1.165, 1.54) is 6.07 Å². The summed E-state index contributed by atoms with van der Waals surface area (Å²) in [6.07, 6.45) is -0.803. The SMILES string of the molecule is COc1ccc(-c2nnc([C@@H](C)OC(=O)c3ccc(F)cc3Cl)o2)cc1. The van der Waals surface area contributed by atoms with Gasteiger partial charge in [0.15, 0.2) is 6.10 Å². The average Bonchev–Trinajstić information content (AvgIpc) is 3.12. The third-order valence-corrected chi connectivity index (χ3v) is 3.87. The maximum Gasteiger partial charge on any atom is 0.340 e. The van der Waals surface area contributed by atoms with Gasteiger partial charge in [0.25, 0.3) is 5.89 Å². The van der Waals surface area contributed by atoms with E-state index in [9.17, 15) is 9.18 Å². The summed E-state index contributed by atoms with van der Waals surface area (Å²) in [5.41, 5.74) is 0.750. The molecule has 0 N–H and O–H groups in total. The number of halogens is 2. The number of nitrogens with zero attached hydrogens (tertiary/aromatic N) is 2. The van der Waals surface area contributed by atoms with Crippen LogP contribution >= 0.6 is 11.6 Å². The van der Waals surface area contributed by atoms with Crippen LogP contribution in [-0.2, 0) is 4.74 Å². The normalized spacial score (nSPS) is 11.8. The Morgan fingerprint density at radius 2 is 1.92 bits per heavy atom. The molecule has 0 aliphatic heterocycles. The van der Waals surface area contributed by atoms with Crippen LogP contribution in [0, 0.1) is 5.82 Å². The van der Waals surface area contributed by atoms with Gasteiger partial charge in [0, 0.05) is 5.56 Å². The number of rotatable bonds is 5. The smallest absolute Gasteiger partial charge is 0.340 e. The molecule has 134 valence electrons. The van der Waals surface area contributed by atoms with Gasteiger partial charge in [-0.25, -0.2) is 9.18 Å². The summed E-state index contributed by atoms with van der Waals surface area (Å²) in [6.45, 7) is 1.58. The van der Waals surface area contributed by atoms with E-state index in [-0.39, 0.29) is 22.4 Å². The number of hydrogen-bond donors (Lipinski definition) is 0. The zero-order valence-corrected chi connectivity index (χ0v) is 14.7. The van der Waals surface area contributed by atoms with E-state index < -0.39 is 17.9 Å². The number of carbonyl (C=O) groups is 1. The third kappa shape index (κ3) is 3.83. The van der Waals surface area contributed by atoms with E-state index in [1.807, 2.05) is 0 Å². The number of esters is 1. The van der Waals surface area contributed by atoms with Crippen LogP contribution in [0.5, 0.6) is 5.75 Å². The second-order valence-corrected chi connectivity index (χ2v) is 5.75. The van der Waals surface area contributed by atoms with Crippen LogP contribution in [0.2, 0.25) is 5.02 Å². The number of methoxy groups -OCH3 is 1. The highest BCUT2D eigenvalue weighted by Gasteiger charge is 2.21. The molecule has 8 heteroatoms. The quantitative estimate of drug-likeness (QED) is 0.612. The molecule has 0 fully saturated rings. The molecule has 0 radical (unpaired) electrons. The summed E-state index contributed by atoms with van der Waals surface area (Å²) < 4.78 is 29.0. The molecule has 1 atom stereocenters. The van der Waals surface area contributed by atoms with E-state index in [1.54, 1.807) is 38.3 Å². The maximum atomic E-state index is 13.1. The Morgan fingerprint density at radius 1 is 1.19 bits per heavy atom. The molecular formula is C18H14ClFN2O4. The number of aromatic nitrogens is 2. The molecule has 3 rings (SSSR count). The second kappa shape index (κ2) is 7.53. The van der Waals surface area contributed by atoms with Crippen LogP contribution in [0.1, 0.15) is 29.3 Å². The van der Waals surface area contributed by atoms with Crippen molar-refractivity contribution in [2.45, 2.75) is 13.0 Å². The van der Waals surface area contributed by atoms with Crippen molar-refractivity contribution in [3.05, 3.63) is 64.8 Å². The summed E-state index contributed by atoms with van der Waals surface area (Å²) in [5, 5.41) is 7.81. The Morgan fingerprint density at radius 3 is 2.58 bits per heavy atom. The lowest BCUT2D eigenvalue weighted by molar-refractivity contribution is 0.0280.